The van der Waals surface area contributed by atoms with E-state index < -0.39 is 12.5 Å². The third-order valence-corrected chi connectivity index (χ3v) is 2.19. The van der Waals surface area contributed by atoms with Crippen molar-refractivity contribution in [2.24, 2.45) is 0 Å². The van der Waals surface area contributed by atoms with Crippen molar-refractivity contribution >= 4 is 12.0 Å². The number of carbonyl (C=O) groups is 1. The van der Waals surface area contributed by atoms with Gasteiger partial charge in [-0.2, -0.15) is 14.0 Å². The minimum atomic E-state index is -2.89. The maximum absolute atomic E-state index is 12.0. The molecule has 0 radical (unpaired) electrons. The summed E-state index contributed by atoms with van der Waals surface area (Å²) in [6.45, 7) is 0.799. The molecule has 0 saturated heterocycles. The number of carbonyl (C=O) groups excluding carboxylic acids is 1. The first kappa shape index (κ1) is 15.4. The van der Waals surface area contributed by atoms with Crippen molar-refractivity contribution in [3.63, 3.8) is 0 Å². The number of nitrogens with one attached hydrogen (secondary N) is 1. The van der Waals surface area contributed by atoms with Crippen LogP contribution in [-0.2, 0) is 4.79 Å². The predicted molar refractivity (Wildman–Crippen MR) is 69.9 cm³/mol. The zero-order valence-corrected chi connectivity index (χ0v) is 10.5. The molecule has 1 N–H and O–H groups in total. The van der Waals surface area contributed by atoms with Crippen LogP contribution in [-0.4, -0.2) is 19.1 Å². The Morgan fingerprint density at radius 3 is 2.60 bits per heavy atom. The number of rotatable bonds is 6. The van der Waals surface area contributed by atoms with Crippen molar-refractivity contribution in [3.05, 3.63) is 48.1 Å². The molecule has 0 bridgehead atoms. The molecule has 104 valence electrons. The van der Waals surface area contributed by atoms with Crippen LogP contribution in [0.1, 0.15) is 5.56 Å². The first-order chi connectivity index (χ1) is 9.56. The maximum Gasteiger partial charge on any atom is 0.387 e. The van der Waals surface area contributed by atoms with E-state index in [2.05, 4.69) is 16.6 Å². The molecule has 1 rings (SSSR count). The molecule has 0 atom stereocenters. The van der Waals surface area contributed by atoms with E-state index in [-0.39, 0.29) is 17.9 Å². The number of nitriles is 1. The van der Waals surface area contributed by atoms with Crippen LogP contribution in [0, 0.1) is 11.3 Å². The summed E-state index contributed by atoms with van der Waals surface area (Å²) in [5.74, 6) is -0.521. The smallest absolute Gasteiger partial charge is 0.387 e. The second kappa shape index (κ2) is 7.69. The van der Waals surface area contributed by atoms with Crippen molar-refractivity contribution in [1.29, 1.82) is 5.26 Å². The normalized spacial score (nSPS) is 10.8. The van der Waals surface area contributed by atoms with E-state index >= 15 is 0 Å². The standard InChI is InChI=1S/C14H12F2N2O2/c1-2-7-18-13(19)11(9-17)8-10-3-5-12(6-4-10)20-14(15)16/h2-6,8,14H,1,7H2,(H,18,19)/b11-8+. The van der Waals surface area contributed by atoms with Gasteiger partial charge in [-0.25, -0.2) is 0 Å². The molecule has 6 heteroatoms. The maximum atomic E-state index is 12.0. The van der Waals surface area contributed by atoms with Crippen LogP contribution in [0.2, 0.25) is 0 Å². The second-order valence-corrected chi connectivity index (χ2v) is 3.62. The fraction of sp³-hybridized carbons (Fsp3) is 0.143. The highest BCUT2D eigenvalue weighted by atomic mass is 19.3. The summed E-state index contributed by atoms with van der Waals surface area (Å²) in [5.41, 5.74) is 0.436. The van der Waals surface area contributed by atoms with Gasteiger partial charge < -0.3 is 10.1 Å². The molecule has 0 spiro atoms. The molecule has 20 heavy (non-hydrogen) atoms. The molecule has 0 aliphatic rings. The minimum Gasteiger partial charge on any atom is -0.435 e. The first-order valence-corrected chi connectivity index (χ1v) is 5.62. The third-order valence-electron chi connectivity index (χ3n) is 2.19. The van der Waals surface area contributed by atoms with Gasteiger partial charge in [0.25, 0.3) is 5.91 Å². The Balaban J connectivity index is 2.83. The van der Waals surface area contributed by atoms with Gasteiger partial charge in [0.05, 0.1) is 0 Å². The lowest BCUT2D eigenvalue weighted by molar-refractivity contribution is -0.116. The molecule has 0 heterocycles. The summed E-state index contributed by atoms with van der Waals surface area (Å²) in [6, 6.07) is 7.36. The monoisotopic (exact) mass is 278 g/mol. The number of hydrogen-bond donors (Lipinski definition) is 1. The van der Waals surface area contributed by atoms with Crippen LogP contribution >= 0.6 is 0 Å². The van der Waals surface area contributed by atoms with E-state index in [4.69, 9.17) is 5.26 Å². The van der Waals surface area contributed by atoms with E-state index in [1.54, 1.807) is 6.07 Å². The summed E-state index contributed by atoms with van der Waals surface area (Å²) in [5, 5.41) is 11.4. The lowest BCUT2D eigenvalue weighted by Gasteiger charge is -2.04. The Kier molecular flexibility index (Phi) is 5.91. The van der Waals surface area contributed by atoms with Crippen LogP contribution in [0.25, 0.3) is 6.08 Å². The number of halogens is 2. The van der Waals surface area contributed by atoms with Crippen LogP contribution < -0.4 is 10.1 Å². The van der Waals surface area contributed by atoms with E-state index in [1.807, 2.05) is 0 Å². The van der Waals surface area contributed by atoms with Gasteiger partial charge in [0.2, 0.25) is 0 Å². The zero-order chi connectivity index (χ0) is 15.0. The van der Waals surface area contributed by atoms with Gasteiger partial charge in [-0.05, 0) is 23.8 Å². The van der Waals surface area contributed by atoms with E-state index in [1.165, 1.54) is 36.4 Å². The quantitative estimate of drug-likeness (QED) is 0.494. The molecule has 0 saturated carbocycles. The highest BCUT2D eigenvalue weighted by Crippen LogP contribution is 2.16. The lowest BCUT2D eigenvalue weighted by Crippen LogP contribution is -2.24. The van der Waals surface area contributed by atoms with Crippen molar-refractivity contribution in [1.82, 2.24) is 5.32 Å². The molecule has 0 aliphatic heterocycles. The van der Waals surface area contributed by atoms with Gasteiger partial charge >= 0.3 is 6.61 Å². The molecular formula is C14H12F2N2O2. The number of amides is 1. The van der Waals surface area contributed by atoms with Gasteiger partial charge in [0, 0.05) is 6.54 Å². The SMILES string of the molecule is C=CCNC(=O)/C(C#N)=C/c1ccc(OC(F)F)cc1. The number of benzene rings is 1. The van der Waals surface area contributed by atoms with Gasteiger partial charge in [0.1, 0.15) is 17.4 Å². The summed E-state index contributed by atoms with van der Waals surface area (Å²) >= 11 is 0. The summed E-state index contributed by atoms with van der Waals surface area (Å²) in [6.07, 6.45) is 2.84. The highest BCUT2D eigenvalue weighted by Gasteiger charge is 2.08. The van der Waals surface area contributed by atoms with E-state index in [0.717, 1.165) is 0 Å². The van der Waals surface area contributed by atoms with Crippen molar-refractivity contribution in [2.45, 2.75) is 6.61 Å². The van der Waals surface area contributed by atoms with Crippen LogP contribution in [0.5, 0.6) is 5.75 Å². The molecule has 1 aromatic carbocycles. The van der Waals surface area contributed by atoms with Gasteiger partial charge in [0.15, 0.2) is 0 Å². The number of alkyl halides is 2. The molecular weight excluding hydrogens is 266 g/mol. The highest BCUT2D eigenvalue weighted by molar-refractivity contribution is 6.01. The summed E-state index contributed by atoms with van der Waals surface area (Å²) in [4.78, 5) is 11.6. The minimum absolute atomic E-state index is 0.00627. The second-order valence-electron chi connectivity index (χ2n) is 3.62. The molecule has 0 aliphatic carbocycles. The number of ether oxygens (including phenoxy) is 1. The molecule has 1 amide bonds. The Hall–Kier alpha value is -2.68. The van der Waals surface area contributed by atoms with Crippen molar-refractivity contribution in [2.75, 3.05) is 6.54 Å². The summed E-state index contributed by atoms with van der Waals surface area (Å²) in [7, 11) is 0. The Morgan fingerprint density at radius 1 is 1.45 bits per heavy atom. The Morgan fingerprint density at radius 2 is 2.10 bits per heavy atom. The first-order valence-electron chi connectivity index (χ1n) is 5.62. The molecule has 0 unspecified atom stereocenters. The lowest BCUT2D eigenvalue weighted by atomic mass is 10.1. The van der Waals surface area contributed by atoms with Gasteiger partial charge in [-0.3, -0.25) is 4.79 Å². The molecule has 1 aromatic rings. The third kappa shape index (κ3) is 4.90. The van der Waals surface area contributed by atoms with Crippen LogP contribution in [0.4, 0.5) is 8.78 Å². The zero-order valence-electron chi connectivity index (χ0n) is 10.5. The Bertz CT molecular complexity index is 545. The fourth-order valence-electron chi connectivity index (χ4n) is 1.32. The molecule has 4 nitrogen and oxygen atoms in total. The van der Waals surface area contributed by atoms with Gasteiger partial charge in [-0.1, -0.05) is 18.2 Å². The van der Waals surface area contributed by atoms with Crippen molar-refractivity contribution < 1.29 is 18.3 Å². The number of hydrogen-bond acceptors (Lipinski definition) is 3. The largest absolute Gasteiger partial charge is 0.435 e. The van der Waals surface area contributed by atoms with Crippen molar-refractivity contribution in [3.8, 4) is 11.8 Å². The Labute approximate surface area is 115 Å². The average Bonchev–Trinajstić information content (AvgIpc) is 2.43. The topological polar surface area (TPSA) is 62.1 Å². The average molecular weight is 278 g/mol. The van der Waals surface area contributed by atoms with Crippen LogP contribution in [0.15, 0.2) is 42.5 Å². The molecule has 0 aromatic heterocycles. The van der Waals surface area contributed by atoms with Gasteiger partial charge in [-0.15, -0.1) is 6.58 Å². The predicted octanol–water partition coefficient (Wildman–Crippen LogP) is 2.50. The molecule has 0 fully saturated rings. The van der Waals surface area contributed by atoms with Crippen LogP contribution in [0.3, 0.4) is 0 Å². The van der Waals surface area contributed by atoms with E-state index in [0.29, 0.717) is 5.56 Å². The van der Waals surface area contributed by atoms with E-state index in [9.17, 15) is 13.6 Å². The number of nitrogens with zero attached hydrogens (tertiary/aromatic N) is 1. The fourth-order valence-corrected chi connectivity index (χ4v) is 1.32. The summed E-state index contributed by atoms with van der Waals surface area (Å²) < 4.78 is 28.1.